The summed E-state index contributed by atoms with van der Waals surface area (Å²) < 4.78 is 10.7. The summed E-state index contributed by atoms with van der Waals surface area (Å²) in [5.41, 5.74) is 1.35. The number of aliphatic hydroxyl groups excluding tert-OH is 3. The molecule has 1 aliphatic rings. The zero-order valence-electron chi connectivity index (χ0n) is 18.4. The SMILES string of the molecule is O=C(CCc1ccc(O)c(O)c1)CC(CCc1ccc(O)c(O)c1)O[C@H]1[C@H](O)COC(O)[C@@H]1O. The van der Waals surface area contributed by atoms with Crippen LogP contribution in [0.4, 0.5) is 0 Å². The molecule has 1 saturated heterocycles. The van der Waals surface area contributed by atoms with Crippen molar-refractivity contribution >= 4 is 5.78 Å². The van der Waals surface area contributed by atoms with Gasteiger partial charge in [-0.1, -0.05) is 12.1 Å². The van der Waals surface area contributed by atoms with Gasteiger partial charge in [-0.25, -0.2) is 0 Å². The Morgan fingerprint density at radius 2 is 1.50 bits per heavy atom. The van der Waals surface area contributed by atoms with Gasteiger partial charge in [-0.2, -0.15) is 0 Å². The lowest BCUT2D eigenvalue weighted by Crippen LogP contribution is -2.55. The first-order valence-corrected chi connectivity index (χ1v) is 11.0. The Balaban J connectivity index is 1.65. The number of hydrogen-bond donors (Lipinski definition) is 7. The number of ether oxygens (including phenoxy) is 2. The Kier molecular flexibility index (Phi) is 8.70. The molecule has 0 radical (unpaired) electrons. The summed E-state index contributed by atoms with van der Waals surface area (Å²) in [6, 6.07) is 8.68. The number of aliphatic hydroxyl groups is 3. The Morgan fingerprint density at radius 1 is 0.912 bits per heavy atom. The van der Waals surface area contributed by atoms with E-state index < -0.39 is 30.7 Å². The molecule has 0 aromatic heterocycles. The molecule has 0 amide bonds. The van der Waals surface area contributed by atoms with Crippen LogP contribution >= 0.6 is 0 Å². The Labute approximate surface area is 196 Å². The van der Waals surface area contributed by atoms with E-state index in [2.05, 4.69) is 0 Å². The molecule has 186 valence electrons. The molecule has 7 N–H and O–H groups in total. The molecule has 1 fully saturated rings. The first kappa shape index (κ1) is 25.7. The van der Waals surface area contributed by atoms with Crippen LogP contribution in [0.2, 0.25) is 0 Å². The van der Waals surface area contributed by atoms with Gasteiger partial charge in [-0.3, -0.25) is 4.79 Å². The van der Waals surface area contributed by atoms with Crippen molar-refractivity contribution in [3.8, 4) is 23.0 Å². The molecule has 5 atom stereocenters. The summed E-state index contributed by atoms with van der Waals surface area (Å²) in [4.78, 5) is 12.7. The Hall–Kier alpha value is -2.89. The van der Waals surface area contributed by atoms with Crippen molar-refractivity contribution in [1.29, 1.82) is 0 Å². The maximum Gasteiger partial charge on any atom is 0.183 e. The fourth-order valence-electron chi connectivity index (χ4n) is 3.81. The van der Waals surface area contributed by atoms with E-state index in [4.69, 9.17) is 9.47 Å². The summed E-state index contributed by atoms with van der Waals surface area (Å²) in [6.07, 6.45) is -5.04. The number of benzene rings is 2. The summed E-state index contributed by atoms with van der Waals surface area (Å²) >= 11 is 0. The molecule has 1 aliphatic heterocycles. The van der Waals surface area contributed by atoms with Gasteiger partial charge in [-0.05, 0) is 54.7 Å². The van der Waals surface area contributed by atoms with E-state index in [1.54, 1.807) is 12.1 Å². The normalized spacial score (nSPS) is 23.5. The predicted octanol–water partition coefficient (Wildman–Crippen LogP) is 0.858. The average Bonchev–Trinajstić information content (AvgIpc) is 2.80. The third-order valence-corrected chi connectivity index (χ3v) is 5.78. The quantitative estimate of drug-likeness (QED) is 0.242. The second kappa shape index (κ2) is 11.5. The van der Waals surface area contributed by atoms with Crippen molar-refractivity contribution in [2.75, 3.05) is 6.61 Å². The van der Waals surface area contributed by atoms with Gasteiger partial charge in [0.1, 0.15) is 24.1 Å². The van der Waals surface area contributed by atoms with E-state index in [9.17, 15) is 40.5 Å². The smallest absolute Gasteiger partial charge is 0.183 e. The van der Waals surface area contributed by atoms with Crippen LogP contribution in [0, 0.1) is 0 Å². The van der Waals surface area contributed by atoms with Crippen molar-refractivity contribution < 1.29 is 50.0 Å². The lowest BCUT2D eigenvalue weighted by atomic mass is 9.98. The number of ketones is 1. The summed E-state index contributed by atoms with van der Waals surface area (Å²) in [5, 5.41) is 68.4. The summed E-state index contributed by atoms with van der Waals surface area (Å²) in [6.45, 7) is -0.236. The van der Waals surface area contributed by atoms with E-state index in [0.717, 1.165) is 0 Å². The minimum Gasteiger partial charge on any atom is -0.504 e. The van der Waals surface area contributed by atoms with E-state index in [0.29, 0.717) is 30.4 Å². The van der Waals surface area contributed by atoms with Crippen LogP contribution in [0.3, 0.4) is 0 Å². The van der Waals surface area contributed by atoms with Crippen molar-refractivity contribution in [2.24, 2.45) is 0 Å². The van der Waals surface area contributed by atoms with Crippen molar-refractivity contribution in [3.63, 3.8) is 0 Å². The molecule has 2 unspecified atom stereocenters. The maximum absolute atomic E-state index is 12.7. The molecule has 0 aliphatic carbocycles. The number of phenols is 4. The lowest BCUT2D eigenvalue weighted by Gasteiger charge is -2.37. The second-order valence-corrected chi connectivity index (χ2v) is 8.43. The minimum absolute atomic E-state index is 0.0407. The van der Waals surface area contributed by atoms with Crippen LogP contribution in [0.1, 0.15) is 30.4 Å². The summed E-state index contributed by atoms with van der Waals surface area (Å²) in [7, 11) is 0. The molecule has 10 heteroatoms. The van der Waals surface area contributed by atoms with Gasteiger partial charge in [0, 0.05) is 12.8 Å². The van der Waals surface area contributed by atoms with Gasteiger partial charge in [0.05, 0.1) is 12.7 Å². The highest BCUT2D eigenvalue weighted by atomic mass is 16.6. The minimum atomic E-state index is -1.53. The van der Waals surface area contributed by atoms with Crippen LogP contribution in [0.25, 0.3) is 0 Å². The predicted molar refractivity (Wildman–Crippen MR) is 118 cm³/mol. The highest BCUT2D eigenvalue weighted by Crippen LogP contribution is 2.28. The van der Waals surface area contributed by atoms with Gasteiger partial charge in [0.2, 0.25) is 0 Å². The van der Waals surface area contributed by atoms with Crippen LogP contribution in [-0.4, -0.2) is 78.8 Å². The zero-order valence-corrected chi connectivity index (χ0v) is 18.4. The first-order valence-electron chi connectivity index (χ1n) is 11.0. The molecule has 0 spiro atoms. The molecule has 34 heavy (non-hydrogen) atoms. The number of carbonyl (C=O) groups excluding carboxylic acids is 1. The van der Waals surface area contributed by atoms with E-state index in [-0.39, 0.29) is 48.2 Å². The van der Waals surface area contributed by atoms with Crippen LogP contribution in [0.15, 0.2) is 36.4 Å². The fourth-order valence-corrected chi connectivity index (χ4v) is 3.81. The molecule has 3 rings (SSSR count). The number of hydrogen-bond acceptors (Lipinski definition) is 10. The molecule has 0 bridgehead atoms. The van der Waals surface area contributed by atoms with Crippen molar-refractivity contribution in [3.05, 3.63) is 47.5 Å². The zero-order chi connectivity index (χ0) is 24.8. The molecule has 1 heterocycles. The number of aromatic hydroxyl groups is 4. The average molecular weight is 478 g/mol. The number of rotatable bonds is 10. The van der Waals surface area contributed by atoms with Crippen LogP contribution in [-0.2, 0) is 27.1 Å². The van der Waals surface area contributed by atoms with Gasteiger partial charge < -0.3 is 45.2 Å². The van der Waals surface area contributed by atoms with E-state index in [1.807, 2.05) is 0 Å². The second-order valence-electron chi connectivity index (χ2n) is 8.43. The van der Waals surface area contributed by atoms with Crippen LogP contribution < -0.4 is 0 Å². The standard InChI is InChI=1S/C24H30O10/c25-15(5-1-13-3-7-17(26)19(28)9-13)11-16(6-2-14-4-8-18(27)20(29)10-14)34-23-21(30)12-33-24(32)22(23)31/h3-4,7-10,16,21-24,26-32H,1-2,5-6,11-12H2/t16?,21-,22-,23+,24?/m1/s1. The topological polar surface area (TPSA) is 177 Å². The molecular weight excluding hydrogens is 448 g/mol. The largest absolute Gasteiger partial charge is 0.504 e. The van der Waals surface area contributed by atoms with Gasteiger partial charge in [-0.15, -0.1) is 0 Å². The molecule has 0 saturated carbocycles. The van der Waals surface area contributed by atoms with Gasteiger partial charge in [0.25, 0.3) is 0 Å². The molecule has 2 aromatic rings. The highest BCUT2D eigenvalue weighted by molar-refractivity contribution is 5.79. The molecule has 2 aromatic carbocycles. The van der Waals surface area contributed by atoms with Crippen molar-refractivity contribution in [2.45, 2.75) is 62.8 Å². The third-order valence-electron chi connectivity index (χ3n) is 5.78. The first-order chi connectivity index (χ1) is 16.1. The monoisotopic (exact) mass is 478 g/mol. The lowest BCUT2D eigenvalue weighted by molar-refractivity contribution is -0.269. The van der Waals surface area contributed by atoms with Gasteiger partial charge in [0.15, 0.2) is 29.3 Å². The van der Waals surface area contributed by atoms with E-state index >= 15 is 0 Å². The molecule has 10 nitrogen and oxygen atoms in total. The van der Waals surface area contributed by atoms with Crippen molar-refractivity contribution in [1.82, 2.24) is 0 Å². The van der Waals surface area contributed by atoms with E-state index in [1.165, 1.54) is 24.3 Å². The third kappa shape index (κ3) is 6.81. The highest BCUT2D eigenvalue weighted by Gasteiger charge is 2.40. The Bertz CT molecular complexity index is 978. The fraction of sp³-hybridized carbons (Fsp3) is 0.458. The maximum atomic E-state index is 12.7. The van der Waals surface area contributed by atoms with Crippen LogP contribution in [0.5, 0.6) is 23.0 Å². The number of phenolic OH excluding ortho intramolecular Hbond substituents is 4. The number of aryl methyl sites for hydroxylation is 2. The molecular formula is C24H30O10. The Morgan fingerprint density at radius 3 is 2.09 bits per heavy atom. The summed E-state index contributed by atoms with van der Waals surface area (Å²) in [5.74, 6) is -1.22. The number of Topliss-reactive ketones (excluding diaryl/α,β-unsaturated/α-hetero) is 1. The number of carbonyl (C=O) groups is 1. The van der Waals surface area contributed by atoms with Gasteiger partial charge >= 0.3 is 0 Å².